The topological polar surface area (TPSA) is 64.4 Å². The van der Waals surface area contributed by atoms with Gasteiger partial charge in [0.1, 0.15) is 11.6 Å². The van der Waals surface area contributed by atoms with E-state index in [4.69, 9.17) is 9.72 Å². The zero-order valence-corrected chi connectivity index (χ0v) is 15.7. The molecule has 28 heavy (non-hydrogen) atoms. The van der Waals surface area contributed by atoms with Gasteiger partial charge in [-0.2, -0.15) is 0 Å². The third kappa shape index (κ3) is 2.59. The molecule has 2 unspecified atom stereocenters. The number of likely N-dealkylation sites (tertiary alicyclic amines) is 1. The first-order chi connectivity index (χ1) is 13.6. The maximum absolute atomic E-state index is 13.3. The molecule has 5 rings (SSSR count). The minimum Gasteiger partial charge on any atom is -0.479 e. The van der Waals surface area contributed by atoms with Crippen LogP contribution in [-0.4, -0.2) is 38.8 Å². The highest BCUT2D eigenvalue weighted by Crippen LogP contribution is 2.35. The molecule has 2 aromatic carbocycles. The van der Waals surface area contributed by atoms with E-state index in [1.807, 2.05) is 48.3 Å². The molecule has 0 saturated carbocycles. The van der Waals surface area contributed by atoms with Gasteiger partial charge in [-0.3, -0.25) is 9.59 Å². The molecule has 1 amide bonds. The van der Waals surface area contributed by atoms with Crippen LogP contribution in [0.2, 0.25) is 0 Å². The van der Waals surface area contributed by atoms with Crippen molar-refractivity contribution in [3.63, 3.8) is 0 Å². The lowest BCUT2D eigenvalue weighted by Crippen LogP contribution is -2.44. The summed E-state index contributed by atoms with van der Waals surface area (Å²) in [6.45, 7) is 0.655. The molecule has 0 N–H and O–H groups in total. The lowest BCUT2D eigenvalue weighted by atomic mass is 10.00. The van der Waals surface area contributed by atoms with Crippen molar-refractivity contribution in [2.45, 2.75) is 31.4 Å². The highest BCUT2D eigenvalue weighted by atomic mass is 16.5. The molecule has 1 fully saturated rings. The number of nitrogens with zero attached hydrogens (tertiary/aromatic N) is 3. The Morgan fingerprint density at radius 3 is 2.79 bits per heavy atom. The molecule has 6 heteroatoms. The van der Waals surface area contributed by atoms with E-state index in [2.05, 4.69) is 4.57 Å². The second-order valence-corrected chi connectivity index (χ2v) is 7.44. The van der Waals surface area contributed by atoms with Gasteiger partial charge in [-0.1, -0.05) is 24.3 Å². The number of Topliss-reactive ketones (excluding diaryl/α,β-unsaturated/α-hetero) is 1. The van der Waals surface area contributed by atoms with Gasteiger partial charge in [0.05, 0.1) is 29.1 Å². The van der Waals surface area contributed by atoms with Crippen molar-refractivity contribution in [1.29, 1.82) is 0 Å². The Hall–Kier alpha value is -3.15. The quantitative estimate of drug-likeness (QED) is 0.690. The molecule has 1 saturated heterocycles. The van der Waals surface area contributed by atoms with Crippen molar-refractivity contribution >= 4 is 22.7 Å². The number of fused-ring (bicyclic) bond motifs is 2. The van der Waals surface area contributed by atoms with Crippen LogP contribution in [0.5, 0.6) is 5.75 Å². The first-order valence-electron chi connectivity index (χ1n) is 9.64. The molecule has 0 bridgehead atoms. The normalized spacial score (nSPS) is 21.6. The zero-order chi connectivity index (χ0) is 19.3. The highest BCUT2D eigenvalue weighted by Gasteiger charge is 2.40. The molecule has 3 aromatic rings. The number of ether oxygens (including phenoxy) is 1. The average molecular weight is 375 g/mol. The lowest BCUT2D eigenvalue weighted by Gasteiger charge is -2.31. The Morgan fingerprint density at radius 2 is 1.93 bits per heavy atom. The smallest absolute Gasteiger partial charge is 0.264 e. The minimum absolute atomic E-state index is 0.0429. The van der Waals surface area contributed by atoms with Crippen LogP contribution in [0.1, 0.15) is 41.5 Å². The average Bonchev–Trinajstić information content (AvgIpc) is 3.32. The van der Waals surface area contributed by atoms with Crippen molar-refractivity contribution in [2.24, 2.45) is 7.05 Å². The fourth-order valence-corrected chi connectivity index (χ4v) is 4.36. The zero-order valence-electron chi connectivity index (χ0n) is 15.7. The number of ketones is 1. The van der Waals surface area contributed by atoms with Gasteiger partial charge in [0.2, 0.25) is 0 Å². The molecular formula is C22H21N3O3. The van der Waals surface area contributed by atoms with Gasteiger partial charge < -0.3 is 14.2 Å². The standard InChI is InChI=1S/C22H21N3O3/c1-24-16-9-4-3-8-15(16)23-21(24)17-10-6-12-25(17)22(27)20-13-18(26)14-7-2-5-11-19(14)28-20/h2-5,7-9,11,17,20H,6,10,12-13H2,1H3. The Kier molecular flexibility index (Phi) is 3.93. The van der Waals surface area contributed by atoms with E-state index in [9.17, 15) is 9.59 Å². The summed E-state index contributed by atoms with van der Waals surface area (Å²) < 4.78 is 7.97. The maximum Gasteiger partial charge on any atom is 0.264 e. The fraction of sp³-hybridized carbons (Fsp3) is 0.318. The Balaban J connectivity index is 1.45. The Bertz CT molecular complexity index is 1090. The van der Waals surface area contributed by atoms with Crippen molar-refractivity contribution < 1.29 is 14.3 Å². The van der Waals surface area contributed by atoms with Crippen LogP contribution >= 0.6 is 0 Å². The number of para-hydroxylation sites is 3. The van der Waals surface area contributed by atoms with Gasteiger partial charge in [0, 0.05) is 13.6 Å². The second-order valence-electron chi connectivity index (χ2n) is 7.44. The molecule has 6 nitrogen and oxygen atoms in total. The van der Waals surface area contributed by atoms with Crippen molar-refractivity contribution in [3.8, 4) is 5.75 Å². The van der Waals surface area contributed by atoms with Crippen LogP contribution < -0.4 is 4.74 Å². The van der Waals surface area contributed by atoms with E-state index >= 15 is 0 Å². The van der Waals surface area contributed by atoms with Gasteiger partial charge in [0.15, 0.2) is 11.9 Å². The van der Waals surface area contributed by atoms with Crippen molar-refractivity contribution in [3.05, 3.63) is 59.9 Å². The van der Waals surface area contributed by atoms with Crippen LogP contribution in [0.15, 0.2) is 48.5 Å². The lowest BCUT2D eigenvalue weighted by molar-refractivity contribution is -0.140. The van der Waals surface area contributed by atoms with E-state index in [0.717, 1.165) is 29.7 Å². The van der Waals surface area contributed by atoms with Gasteiger partial charge in [-0.15, -0.1) is 0 Å². The summed E-state index contributed by atoms with van der Waals surface area (Å²) in [4.78, 5) is 32.4. The van der Waals surface area contributed by atoms with Gasteiger partial charge >= 0.3 is 0 Å². The maximum atomic E-state index is 13.3. The molecule has 2 aliphatic heterocycles. The molecule has 3 heterocycles. The van der Waals surface area contributed by atoms with Crippen LogP contribution in [0.25, 0.3) is 11.0 Å². The molecule has 1 aromatic heterocycles. The summed E-state index contributed by atoms with van der Waals surface area (Å²) in [5.41, 5.74) is 2.53. The SMILES string of the molecule is Cn1c(C2CCCN2C(=O)C2CC(=O)c3ccccc3O2)nc2ccccc21. The molecule has 0 aliphatic carbocycles. The third-order valence-corrected chi connectivity index (χ3v) is 5.76. The molecule has 0 radical (unpaired) electrons. The number of aryl methyl sites for hydroxylation is 1. The van der Waals surface area contributed by atoms with Crippen LogP contribution in [0.3, 0.4) is 0 Å². The monoisotopic (exact) mass is 375 g/mol. The predicted molar refractivity (Wildman–Crippen MR) is 104 cm³/mol. The summed E-state index contributed by atoms with van der Waals surface area (Å²) >= 11 is 0. The molecular weight excluding hydrogens is 354 g/mol. The third-order valence-electron chi connectivity index (χ3n) is 5.76. The van der Waals surface area contributed by atoms with Gasteiger partial charge in [-0.25, -0.2) is 4.98 Å². The number of aromatic nitrogens is 2. The minimum atomic E-state index is -0.766. The number of benzene rings is 2. The second kappa shape index (κ2) is 6.48. The van der Waals surface area contributed by atoms with E-state index < -0.39 is 6.10 Å². The summed E-state index contributed by atoms with van der Waals surface area (Å²) in [5.74, 6) is 1.21. The first kappa shape index (κ1) is 17.0. The number of hydrogen-bond donors (Lipinski definition) is 0. The van der Waals surface area contributed by atoms with Crippen LogP contribution in [0.4, 0.5) is 0 Å². The summed E-state index contributed by atoms with van der Waals surface area (Å²) in [6.07, 6.45) is 1.09. The number of carbonyl (C=O) groups excluding carboxylic acids is 2. The van der Waals surface area contributed by atoms with E-state index in [-0.39, 0.29) is 24.2 Å². The van der Waals surface area contributed by atoms with Crippen LogP contribution in [0, 0.1) is 0 Å². The van der Waals surface area contributed by atoms with E-state index in [1.54, 1.807) is 12.1 Å². The summed E-state index contributed by atoms with van der Waals surface area (Å²) in [5, 5.41) is 0. The molecule has 2 aliphatic rings. The number of hydrogen-bond acceptors (Lipinski definition) is 4. The number of carbonyl (C=O) groups is 2. The summed E-state index contributed by atoms with van der Waals surface area (Å²) in [6, 6.07) is 15.0. The number of rotatable bonds is 2. The summed E-state index contributed by atoms with van der Waals surface area (Å²) in [7, 11) is 1.99. The van der Waals surface area contributed by atoms with Crippen LogP contribution in [-0.2, 0) is 11.8 Å². The predicted octanol–water partition coefficient (Wildman–Crippen LogP) is 3.27. The van der Waals surface area contributed by atoms with Crippen molar-refractivity contribution in [2.75, 3.05) is 6.54 Å². The van der Waals surface area contributed by atoms with E-state index in [1.165, 1.54) is 0 Å². The molecule has 0 spiro atoms. The molecule has 2 atom stereocenters. The number of amides is 1. The number of imidazole rings is 1. The van der Waals surface area contributed by atoms with E-state index in [0.29, 0.717) is 17.9 Å². The Labute approximate surface area is 162 Å². The van der Waals surface area contributed by atoms with Crippen molar-refractivity contribution in [1.82, 2.24) is 14.5 Å². The van der Waals surface area contributed by atoms with Gasteiger partial charge in [0.25, 0.3) is 5.91 Å². The highest BCUT2D eigenvalue weighted by molar-refractivity contribution is 6.03. The Morgan fingerprint density at radius 1 is 1.14 bits per heavy atom. The largest absolute Gasteiger partial charge is 0.479 e. The molecule has 142 valence electrons. The van der Waals surface area contributed by atoms with Gasteiger partial charge in [-0.05, 0) is 37.1 Å². The fourth-order valence-electron chi connectivity index (χ4n) is 4.36. The first-order valence-corrected chi connectivity index (χ1v) is 9.64.